The predicted molar refractivity (Wildman–Crippen MR) is 64.6 cm³/mol. The smallest absolute Gasteiger partial charge is 0.252 e. The van der Waals surface area contributed by atoms with Crippen LogP contribution in [0.25, 0.3) is 0 Å². The first-order valence-corrected chi connectivity index (χ1v) is 5.64. The standard InChI is InChI=1S/C14H12N2O/c17-14-11-6-2-1-5-10(11)9-13(16-14)12-7-3-4-8-15-12/h1-8,13H,9H2,(H,16,17). The lowest BCUT2D eigenvalue weighted by Crippen LogP contribution is -2.35. The average Bonchev–Trinajstić information content (AvgIpc) is 2.40. The molecule has 2 heterocycles. The van der Waals surface area contributed by atoms with E-state index in [1.165, 1.54) is 0 Å². The highest BCUT2D eigenvalue weighted by Gasteiger charge is 2.25. The maximum Gasteiger partial charge on any atom is 0.252 e. The van der Waals surface area contributed by atoms with Crippen LogP contribution in [0.1, 0.15) is 27.7 Å². The van der Waals surface area contributed by atoms with Gasteiger partial charge in [0.05, 0.1) is 11.7 Å². The van der Waals surface area contributed by atoms with Crippen LogP contribution in [0, 0.1) is 0 Å². The Bertz CT molecular complexity index is 551. The second kappa shape index (κ2) is 4.01. The van der Waals surface area contributed by atoms with Crippen molar-refractivity contribution >= 4 is 5.91 Å². The van der Waals surface area contributed by atoms with Crippen molar-refractivity contribution in [2.45, 2.75) is 12.5 Å². The number of hydrogen-bond acceptors (Lipinski definition) is 2. The van der Waals surface area contributed by atoms with Gasteiger partial charge in [0.15, 0.2) is 0 Å². The molecular formula is C14H12N2O. The second-order valence-electron chi connectivity index (χ2n) is 4.14. The molecule has 0 spiro atoms. The van der Waals surface area contributed by atoms with Gasteiger partial charge in [-0.1, -0.05) is 24.3 Å². The summed E-state index contributed by atoms with van der Waals surface area (Å²) < 4.78 is 0. The molecule has 3 rings (SSSR count). The quantitative estimate of drug-likeness (QED) is 0.806. The molecular weight excluding hydrogens is 212 g/mol. The van der Waals surface area contributed by atoms with Gasteiger partial charge >= 0.3 is 0 Å². The van der Waals surface area contributed by atoms with E-state index < -0.39 is 0 Å². The monoisotopic (exact) mass is 224 g/mol. The Hall–Kier alpha value is -2.16. The molecule has 0 bridgehead atoms. The van der Waals surface area contributed by atoms with Gasteiger partial charge in [-0.3, -0.25) is 9.78 Å². The summed E-state index contributed by atoms with van der Waals surface area (Å²) in [5.41, 5.74) is 2.78. The Balaban J connectivity index is 1.97. The van der Waals surface area contributed by atoms with Crippen LogP contribution < -0.4 is 5.32 Å². The number of aromatic nitrogens is 1. The SMILES string of the molecule is O=C1NC(c2ccccn2)Cc2ccccc21. The largest absolute Gasteiger partial charge is 0.343 e. The molecule has 0 fully saturated rings. The lowest BCUT2D eigenvalue weighted by atomic mass is 9.93. The minimum atomic E-state index is -0.0152. The van der Waals surface area contributed by atoms with E-state index in [9.17, 15) is 4.79 Å². The summed E-state index contributed by atoms with van der Waals surface area (Å²) in [6.45, 7) is 0. The minimum absolute atomic E-state index is 0.0116. The third-order valence-electron chi connectivity index (χ3n) is 3.04. The van der Waals surface area contributed by atoms with Crippen molar-refractivity contribution < 1.29 is 4.79 Å². The first-order valence-electron chi connectivity index (χ1n) is 5.64. The van der Waals surface area contributed by atoms with Crippen molar-refractivity contribution in [2.24, 2.45) is 0 Å². The van der Waals surface area contributed by atoms with Crippen LogP contribution >= 0.6 is 0 Å². The fourth-order valence-electron chi connectivity index (χ4n) is 2.19. The van der Waals surface area contributed by atoms with Gasteiger partial charge in [-0.05, 0) is 30.2 Å². The van der Waals surface area contributed by atoms with Crippen LogP contribution in [0.15, 0.2) is 48.7 Å². The molecule has 0 aliphatic carbocycles. The Morgan fingerprint density at radius 1 is 1.12 bits per heavy atom. The fraction of sp³-hybridized carbons (Fsp3) is 0.143. The van der Waals surface area contributed by atoms with Gasteiger partial charge in [0.2, 0.25) is 0 Å². The van der Waals surface area contributed by atoms with Crippen molar-refractivity contribution in [2.75, 3.05) is 0 Å². The maximum absolute atomic E-state index is 11.9. The molecule has 1 aromatic heterocycles. The van der Waals surface area contributed by atoms with E-state index >= 15 is 0 Å². The zero-order valence-corrected chi connectivity index (χ0v) is 9.26. The minimum Gasteiger partial charge on any atom is -0.343 e. The molecule has 0 saturated heterocycles. The number of nitrogens with one attached hydrogen (secondary N) is 1. The number of hydrogen-bond donors (Lipinski definition) is 1. The summed E-state index contributed by atoms with van der Waals surface area (Å²) in [5, 5.41) is 2.99. The number of rotatable bonds is 1. The third kappa shape index (κ3) is 1.80. The molecule has 17 heavy (non-hydrogen) atoms. The number of pyridine rings is 1. The van der Waals surface area contributed by atoms with Crippen LogP contribution in [0.5, 0.6) is 0 Å². The molecule has 1 aromatic carbocycles. The molecule has 1 N–H and O–H groups in total. The number of nitrogens with zero attached hydrogens (tertiary/aromatic N) is 1. The van der Waals surface area contributed by atoms with E-state index in [0.29, 0.717) is 0 Å². The van der Waals surface area contributed by atoms with Gasteiger partial charge < -0.3 is 5.32 Å². The van der Waals surface area contributed by atoms with Crippen LogP contribution in [0.2, 0.25) is 0 Å². The highest BCUT2D eigenvalue weighted by atomic mass is 16.1. The Morgan fingerprint density at radius 2 is 1.94 bits per heavy atom. The van der Waals surface area contributed by atoms with Crippen LogP contribution in [-0.4, -0.2) is 10.9 Å². The zero-order chi connectivity index (χ0) is 11.7. The number of carbonyl (C=O) groups is 1. The molecule has 1 unspecified atom stereocenters. The van der Waals surface area contributed by atoms with Gasteiger partial charge in [-0.15, -0.1) is 0 Å². The molecule has 1 aliphatic heterocycles. The zero-order valence-electron chi connectivity index (χ0n) is 9.26. The molecule has 3 nitrogen and oxygen atoms in total. The Labute approximate surface area is 99.5 Å². The summed E-state index contributed by atoms with van der Waals surface area (Å²) in [5.74, 6) is -0.0116. The topological polar surface area (TPSA) is 42.0 Å². The second-order valence-corrected chi connectivity index (χ2v) is 4.14. The van der Waals surface area contributed by atoms with E-state index in [1.807, 2.05) is 42.5 Å². The van der Waals surface area contributed by atoms with Crippen molar-refractivity contribution in [1.82, 2.24) is 10.3 Å². The normalized spacial score (nSPS) is 18.4. The Morgan fingerprint density at radius 3 is 2.76 bits per heavy atom. The van der Waals surface area contributed by atoms with Crippen LogP contribution in [-0.2, 0) is 6.42 Å². The lowest BCUT2D eigenvalue weighted by Gasteiger charge is -2.25. The van der Waals surface area contributed by atoms with Crippen molar-refractivity contribution in [3.8, 4) is 0 Å². The summed E-state index contributed by atoms with van der Waals surface area (Å²) in [6, 6.07) is 13.5. The number of benzene rings is 1. The Kier molecular flexibility index (Phi) is 2.37. The van der Waals surface area contributed by atoms with E-state index in [0.717, 1.165) is 23.2 Å². The van der Waals surface area contributed by atoms with Gasteiger partial charge in [-0.25, -0.2) is 0 Å². The first kappa shape index (κ1) is 10.0. The van der Waals surface area contributed by atoms with E-state index in [-0.39, 0.29) is 11.9 Å². The highest BCUT2D eigenvalue weighted by Crippen LogP contribution is 2.24. The molecule has 2 aromatic rings. The summed E-state index contributed by atoms with van der Waals surface area (Å²) in [7, 11) is 0. The van der Waals surface area contributed by atoms with Crippen molar-refractivity contribution in [3.63, 3.8) is 0 Å². The summed E-state index contributed by atoms with van der Waals surface area (Å²) in [6.07, 6.45) is 2.56. The summed E-state index contributed by atoms with van der Waals surface area (Å²) >= 11 is 0. The molecule has 1 amide bonds. The lowest BCUT2D eigenvalue weighted by molar-refractivity contribution is 0.0924. The predicted octanol–water partition coefficient (Wildman–Crippen LogP) is 2.11. The molecule has 1 atom stereocenters. The number of carbonyl (C=O) groups excluding carboxylic acids is 1. The highest BCUT2D eigenvalue weighted by molar-refractivity contribution is 5.97. The number of amides is 1. The average molecular weight is 224 g/mol. The van der Waals surface area contributed by atoms with Crippen LogP contribution in [0.3, 0.4) is 0 Å². The molecule has 1 aliphatic rings. The fourth-order valence-corrected chi connectivity index (χ4v) is 2.19. The maximum atomic E-state index is 11.9. The van der Waals surface area contributed by atoms with Gasteiger partial charge in [0.1, 0.15) is 0 Å². The molecule has 84 valence electrons. The van der Waals surface area contributed by atoms with Gasteiger partial charge in [-0.2, -0.15) is 0 Å². The van der Waals surface area contributed by atoms with Crippen LogP contribution in [0.4, 0.5) is 0 Å². The molecule has 0 saturated carbocycles. The van der Waals surface area contributed by atoms with Gasteiger partial charge in [0, 0.05) is 11.8 Å². The number of fused-ring (bicyclic) bond motifs is 1. The molecule has 3 heteroatoms. The van der Waals surface area contributed by atoms with Crippen molar-refractivity contribution in [1.29, 1.82) is 0 Å². The van der Waals surface area contributed by atoms with E-state index in [1.54, 1.807) is 6.20 Å². The van der Waals surface area contributed by atoms with Gasteiger partial charge in [0.25, 0.3) is 5.91 Å². The summed E-state index contributed by atoms with van der Waals surface area (Å²) in [4.78, 5) is 16.2. The van der Waals surface area contributed by atoms with E-state index in [4.69, 9.17) is 0 Å². The van der Waals surface area contributed by atoms with Crippen molar-refractivity contribution in [3.05, 3.63) is 65.5 Å². The first-order chi connectivity index (χ1) is 8.34. The molecule has 0 radical (unpaired) electrons. The van der Waals surface area contributed by atoms with E-state index in [2.05, 4.69) is 10.3 Å². The third-order valence-corrected chi connectivity index (χ3v) is 3.04.